The summed E-state index contributed by atoms with van der Waals surface area (Å²) in [5.41, 5.74) is 27.9. The summed E-state index contributed by atoms with van der Waals surface area (Å²) in [5, 5.41) is 7.95. The van der Waals surface area contributed by atoms with E-state index in [9.17, 15) is 0 Å². The molecular formula is C71H58. The Hall–Kier alpha value is -7.54. The van der Waals surface area contributed by atoms with E-state index in [1.54, 1.807) is 0 Å². The molecular weight excluding hydrogens is 853 g/mol. The van der Waals surface area contributed by atoms with E-state index >= 15 is 0 Å². The predicted molar refractivity (Wildman–Crippen MR) is 303 cm³/mol. The minimum atomic E-state index is -0.147. The molecule has 0 fully saturated rings. The number of rotatable bonds is 4. The van der Waals surface area contributed by atoms with Crippen molar-refractivity contribution in [3.05, 3.63) is 227 Å². The van der Waals surface area contributed by atoms with Gasteiger partial charge in [-0.15, -0.1) is 0 Å². The third kappa shape index (κ3) is 5.98. The van der Waals surface area contributed by atoms with Gasteiger partial charge in [-0.1, -0.05) is 220 Å². The van der Waals surface area contributed by atoms with Gasteiger partial charge in [0, 0.05) is 16.2 Å². The third-order valence-electron chi connectivity index (χ3n) is 17.6. The second kappa shape index (κ2) is 14.3. The summed E-state index contributed by atoms with van der Waals surface area (Å²) in [6.45, 7) is 21.4. The van der Waals surface area contributed by atoms with Crippen molar-refractivity contribution < 1.29 is 0 Å². The number of hydrogen-bond acceptors (Lipinski definition) is 0. The van der Waals surface area contributed by atoms with Gasteiger partial charge in [-0.05, 0) is 185 Å². The third-order valence-corrected chi connectivity index (χ3v) is 17.6. The van der Waals surface area contributed by atoms with Crippen molar-refractivity contribution in [3.8, 4) is 77.9 Å². The summed E-state index contributed by atoms with van der Waals surface area (Å²) in [4.78, 5) is 0. The molecule has 3 aliphatic rings. The van der Waals surface area contributed by atoms with Gasteiger partial charge >= 0.3 is 0 Å². The molecule has 11 aromatic carbocycles. The standard InChI is InChI=1S/C71H58/c1-68(2,3)51-26-34-58-57-32-25-50(39-64(57)71(8,9)65(58)40-51)49-24-31-56-55-30-23-48(37-62(55)70(6,7)63(56)38-49)47-22-29-54-53-28-21-46(35-60(53)69(4,5)61(54)36-47)41-13-15-42(16-14-41)52-27-19-45-18-17-43-11-10-12-44-20-33-59(52)67(45)66(43)44/h10-40H,1-9H3. The molecule has 0 amide bonds. The molecule has 0 heterocycles. The Morgan fingerprint density at radius 2 is 0.577 bits per heavy atom. The second-order valence-corrected chi connectivity index (χ2v) is 23.7. The topological polar surface area (TPSA) is 0 Å². The first-order valence-electron chi connectivity index (χ1n) is 25.7. The van der Waals surface area contributed by atoms with E-state index in [1.165, 1.54) is 149 Å². The fraction of sp³-hybridized carbons (Fsp3) is 0.183. The fourth-order valence-corrected chi connectivity index (χ4v) is 13.4. The largest absolute Gasteiger partial charge is 0.0610 e. The molecule has 71 heavy (non-hydrogen) atoms. The minimum absolute atomic E-state index is 0.0638. The van der Waals surface area contributed by atoms with Gasteiger partial charge in [-0.3, -0.25) is 0 Å². The molecule has 0 radical (unpaired) electrons. The van der Waals surface area contributed by atoms with E-state index in [-0.39, 0.29) is 21.7 Å². The maximum absolute atomic E-state index is 2.48. The van der Waals surface area contributed by atoms with Gasteiger partial charge in [0.25, 0.3) is 0 Å². The van der Waals surface area contributed by atoms with Crippen LogP contribution in [0.25, 0.3) is 110 Å². The molecule has 0 unspecified atom stereocenters. The zero-order valence-corrected chi connectivity index (χ0v) is 42.4. The Morgan fingerprint density at radius 1 is 0.268 bits per heavy atom. The molecule has 0 aromatic heterocycles. The van der Waals surface area contributed by atoms with E-state index in [2.05, 4.69) is 250 Å². The Labute approximate surface area is 419 Å². The van der Waals surface area contributed by atoms with Crippen LogP contribution in [0.15, 0.2) is 188 Å². The lowest BCUT2D eigenvalue weighted by molar-refractivity contribution is 0.584. The van der Waals surface area contributed by atoms with E-state index in [1.807, 2.05) is 0 Å². The van der Waals surface area contributed by atoms with Crippen LogP contribution in [0.3, 0.4) is 0 Å². The number of fused-ring (bicyclic) bond motifs is 9. The van der Waals surface area contributed by atoms with E-state index in [4.69, 9.17) is 0 Å². The molecule has 0 atom stereocenters. The summed E-state index contributed by atoms with van der Waals surface area (Å²) in [5.74, 6) is 0. The lowest BCUT2D eigenvalue weighted by atomic mass is 9.78. The van der Waals surface area contributed by atoms with Crippen molar-refractivity contribution in [2.24, 2.45) is 0 Å². The molecule has 3 aliphatic carbocycles. The first-order valence-corrected chi connectivity index (χ1v) is 25.7. The highest BCUT2D eigenvalue weighted by Gasteiger charge is 2.39. The predicted octanol–water partition coefficient (Wildman–Crippen LogP) is 19.5. The molecule has 0 bridgehead atoms. The Bertz CT molecular complexity index is 4070. The van der Waals surface area contributed by atoms with Crippen LogP contribution in [-0.2, 0) is 21.7 Å². The van der Waals surface area contributed by atoms with Gasteiger partial charge < -0.3 is 0 Å². The monoisotopic (exact) mass is 910 g/mol. The maximum atomic E-state index is 2.48. The molecule has 0 aliphatic heterocycles. The molecule has 0 spiro atoms. The van der Waals surface area contributed by atoms with Crippen LogP contribution in [0.4, 0.5) is 0 Å². The average Bonchev–Trinajstić information content (AvgIpc) is 3.85. The highest BCUT2D eigenvalue weighted by atomic mass is 14.4. The Balaban J connectivity index is 0.747. The summed E-state index contributed by atoms with van der Waals surface area (Å²) in [6, 6.07) is 72.7. The van der Waals surface area contributed by atoms with Crippen LogP contribution in [0, 0.1) is 0 Å². The molecule has 0 heteroatoms. The highest BCUT2D eigenvalue weighted by Crippen LogP contribution is 2.55. The maximum Gasteiger partial charge on any atom is 0.0159 e. The van der Waals surface area contributed by atoms with Gasteiger partial charge in [0.15, 0.2) is 0 Å². The molecule has 0 saturated carbocycles. The van der Waals surface area contributed by atoms with Crippen molar-refractivity contribution in [1.82, 2.24) is 0 Å². The van der Waals surface area contributed by atoms with Crippen molar-refractivity contribution in [2.75, 3.05) is 0 Å². The van der Waals surface area contributed by atoms with E-state index in [0.29, 0.717) is 0 Å². The smallest absolute Gasteiger partial charge is 0.0159 e. The Morgan fingerprint density at radius 3 is 1.00 bits per heavy atom. The summed E-state index contributed by atoms with van der Waals surface area (Å²) in [7, 11) is 0. The summed E-state index contributed by atoms with van der Waals surface area (Å²) < 4.78 is 0. The first kappa shape index (κ1) is 42.3. The van der Waals surface area contributed by atoms with Gasteiger partial charge in [-0.2, -0.15) is 0 Å². The second-order valence-electron chi connectivity index (χ2n) is 23.7. The summed E-state index contributed by atoms with van der Waals surface area (Å²) >= 11 is 0. The fourth-order valence-electron chi connectivity index (χ4n) is 13.4. The van der Waals surface area contributed by atoms with Crippen LogP contribution in [-0.4, -0.2) is 0 Å². The van der Waals surface area contributed by atoms with Crippen LogP contribution < -0.4 is 0 Å². The molecule has 342 valence electrons. The van der Waals surface area contributed by atoms with Crippen molar-refractivity contribution >= 4 is 32.3 Å². The number of hydrogen-bond donors (Lipinski definition) is 0. The van der Waals surface area contributed by atoms with Crippen LogP contribution in [0.1, 0.15) is 101 Å². The lowest BCUT2D eigenvalue weighted by Crippen LogP contribution is -2.17. The molecule has 14 rings (SSSR count). The quantitative estimate of drug-likeness (QED) is 0.154. The average molecular weight is 911 g/mol. The molecule has 0 nitrogen and oxygen atoms in total. The van der Waals surface area contributed by atoms with Gasteiger partial charge in [0.1, 0.15) is 0 Å². The highest BCUT2D eigenvalue weighted by molar-refractivity contribution is 6.25. The lowest BCUT2D eigenvalue weighted by Gasteiger charge is -2.25. The van der Waals surface area contributed by atoms with Gasteiger partial charge in [0.2, 0.25) is 0 Å². The van der Waals surface area contributed by atoms with Crippen molar-refractivity contribution in [1.29, 1.82) is 0 Å². The molecule has 0 saturated heterocycles. The van der Waals surface area contributed by atoms with E-state index in [0.717, 1.165) is 0 Å². The van der Waals surface area contributed by atoms with Crippen LogP contribution in [0.2, 0.25) is 0 Å². The molecule has 0 N–H and O–H groups in total. The van der Waals surface area contributed by atoms with Crippen molar-refractivity contribution in [2.45, 2.75) is 84.0 Å². The van der Waals surface area contributed by atoms with E-state index < -0.39 is 0 Å². The van der Waals surface area contributed by atoms with Gasteiger partial charge in [-0.25, -0.2) is 0 Å². The van der Waals surface area contributed by atoms with Crippen molar-refractivity contribution in [3.63, 3.8) is 0 Å². The van der Waals surface area contributed by atoms with Gasteiger partial charge in [0.05, 0.1) is 0 Å². The zero-order chi connectivity index (χ0) is 48.5. The zero-order valence-electron chi connectivity index (χ0n) is 42.4. The summed E-state index contributed by atoms with van der Waals surface area (Å²) in [6.07, 6.45) is 0. The van der Waals surface area contributed by atoms with Crippen LogP contribution in [0.5, 0.6) is 0 Å². The SMILES string of the molecule is CC(C)(C)c1ccc2c(c1)C(C)(C)c1cc(-c3ccc4c(c3)C(C)(C)c3cc(-c5ccc6c(c5)C(C)(C)c5cc(-c7ccc(-c8ccc9ccc%10cccc%11ccc8c9c%10%11)cc7)ccc5-6)ccc3-4)ccc1-2. The Kier molecular flexibility index (Phi) is 8.53. The number of benzene rings is 11. The van der Waals surface area contributed by atoms with Crippen LogP contribution >= 0.6 is 0 Å². The first-order chi connectivity index (χ1) is 34.1. The normalized spacial score (nSPS) is 15.5. The minimum Gasteiger partial charge on any atom is -0.0610 e. The molecule has 11 aromatic rings.